The van der Waals surface area contributed by atoms with Crippen LogP contribution in [0.1, 0.15) is 34.6 Å². The lowest BCUT2D eigenvalue weighted by Crippen LogP contribution is -2.34. The zero-order valence-corrected chi connectivity index (χ0v) is 19.4. The number of ether oxygens (including phenoxy) is 1. The molecule has 0 heterocycles. The quantitative estimate of drug-likeness (QED) is 0.393. The molecule has 0 aliphatic carbocycles. The smallest absolute Gasteiger partial charge is 0.261 e. The van der Waals surface area contributed by atoms with Gasteiger partial charge in [-0.1, -0.05) is 29.8 Å². The molecule has 0 aliphatic heterocycles. The van der Waals surface area contributed by atoms with E-state index in [-0.39, 0.29) is 16.2 Å². The molecule has 0 unspecified atom stereocenters. The number of hydrogen-bond donors (Lipinski definition) is 3. The summed E-state index contributed by atoms with van der Waals surface area (Å²) >= 11 is 11.0. The van der Waals surface area contributed by atoms with Crippen molar-refractivity contribution in [3.63, 3.8) is 0 Å². The predicted molar refractivity (Wildman–Crippen MR) is 132 cm³/mol. The Morgan fingerprint density at radius 2 is 1.67 bits per heavy atom. The van der Waals surface area contributed by atoms with Crippen molar-refractivity contribution in [1.29, 1.82) is 0 Å². The molecule has 170 valence electrons. The van der Waals surface area contributed by atoms with E-state index in [4.69, 9.17) is 28.6 Å². The van der Waals surface area contributed by atoms with E-state index in [9.17, 15) is 14.0 Å². The maximum absolute atomic E-state index is 13.3. The van der Waals surface area contributed by atoms with Crippen LogP contribution < -0.4 is 20.7 Å². The largest absolute Gasteiger partial charge is 0.490 e. The molecule has 0 saturated heterocycles. The standard InChI is InChI=1S/C24H21ClFN3O3S/c1-14(2)32-21-9-4-3-8-18(21)23(31)29-24(33)28-16-7-5-6-15(12-16)22(30)27-17-10-11-20(26)19(25)13-17/h3-14H,1-2H3,(H,27,30)(H2,28,29,31,33). The molecule has 0 radical (unpaired) electrons. The van der Waals surface area contributed by atoms with E-state index in [1.54, 1.807) is 48.5 Å². The minimum atomic E-state index is -0.574. The maximum atomic E-state index is 13.3. The molecule has 0 atom stereocenters. The highest BCUT2D eigenvalue weighted by molar-refractivity contribution is 7.80. The third kappa shape index (κ3) is 6.74. The van der Waals surface area contributed by atoms with Gasteiger partial charge in [0.05, 0.1) is 16.7 Å². The zero-order chi connectivity index (χ0) is 24.0. The molecule has 0 fully saturated rings. The highest BCUT2D eigenvalue weighted by atomic mass is 35.5. The van der Waals surface area contributed by atoms with Crippen molar-refractivity contribution >= 4 is 52.1 Å². The third-order valence-corrected chi connectivity index (χ3v) is 4.78. The number of carbonyl (C=O) groups excluding carboxylic acids is 2. The van der Waals surface area contributed by atoms with Gasteiger partial charge < -0.3 is 15.4 Å². The van der Waals surface area contributed by atoms with E-state index in [0.717, 1.165) is 0 Å². The molecule has 3 aromatic carbocycles. The number of rotatable bonds is 6. The van der Waals surface area contributed by atoms with Crippen LogP contribution in [-0.4, -0.2) is 23.0 Å². The number of benzene rings is 3. The number of nitrogens with one attached hydrogen (secondary N) is 3. The van der Waals surface area contributed by atoms with Crippen LogP contribution in [0.5, 0.6) is 5.75 Å². The van der Waals surface area contributed by atoms with Crippen molar-refractivity contribution in [2.75, 3.05) is 10.6 Å². The number of para-hydroxylation sites is 1. The summed E-state index contributed by atoms with van der Waals surface area (Å²) in [7, 11) is 0. The molecule has 0 saturated carbocycles. The predicted octanol–water partition coefficient (Wildman–Crippen LogP) is 5.65. The van der Waals surface area contributed by atoms with Crippen molar-refractivity contribution in [3.05, 3.63) is 88.7 Å². The summed E-state index contributed by atoms with van der Waals surface area (Å²) in [5, 5.41) is 8.11. The lowest BCUT2D eigenvalue weighted by molar-refractivity contribution is 0.0970. The van der Waals surface area contributed by atoms with Gasteiger partial charge in [0.15, 0.2) is 5.11 Å². The fourth-order valence-corrected chi connectivity index (χ4v) is 3.25. The average Bonchev–Trinajstić information content (AvgIpc) is 2.76. The van der Waals surface area contributed by atoms with Crippen LogP contribution in [0, 0.1) is 5.82 Å². The summed E-state index contributed by atoms with van der Waals surface area (Å²) in [5.41, 5.74) is 1.53. The van der Waals surface area contributed by atoms with Crippen molar-refractivity contribution in [2.45, 2.75) is 20.0 Å². The summed E-state index contributed by atoms with van der Waals surface area (Å²) in [6.07, 6.45) is -0.0937. The highest BCUT2D eigenvalue weighted by Gasteiger charge is 2.15. The Kier molecular flexibility index (Phi) is 7.97. The fourth-order valence-electron chi connectivity index (χ4n) is 2.86. The van der Waals surface area contributed by atoms with Crippen LogP contribution in [0.2, 0.25) is 5.02 Å². The van der Waals surface area contributed by atoms with Crippen LogP contribution in [0.25, 0.3) is 0 Å². The second-order valence-electron chi connectivity index (χ2n) is 7.23. The van der Waals surface area contributed by atoms with Gasteiger partial charge in [0.25, 0.3) is 11.8 Å². The SMILES string of the molecule is CC(C)Oc1ccccc1C(=O)NC(=S)Nc1cccc(C(=O)Nc2ccc(F)c(Cl)c2)c1. The first-order chi connectivity index (χ1) is 15.7. The third-order valence-electron chi connectivity index (χ3n) is 4.28. The lowest BCUT2D eigenvalue weighted by Gasteiger charge is -2.15. The van der Waals surface area contributed by atoms with Gasteiger partial charge in [-0.05, 0) is 74.6 Å². The molecule has 0 aromatic heterocycles. The normalized spacial score (nSPS) is 10.5. The van der Waals surface area contributed by atoms with Gasteiger partial charge >= 0.3 is 0 Å². The molecule has 0 aliphatic rings. The molecular weight excluding hydrogens is 465 g/mol. The Bertz CT molecular complexity index is 1200. The molecule has 3 N–H and O–H groups in total. The second-order valence-corrected chi connectivity index (χ2v) is 8.05. The van der Waals surface area contributed by atoms with E-state index >= 15 is 0 Å². The van der Waals surface area contributed by atoms with Crippen LogP contribution in [0.3, 0.4) is 0 Å². The van der Waals surface area contributed by atoms with E-state index in [1.807, 2.05) is 13.8 Å². The van der Waals surface area contributed by atoms with E-state index in [0.29, 0.717) is 28.3 Å². The summed E-state index contributed by atoms with van der Waals surface area (Å²) in [6, 6.07) is 17.3. The van der Waals surface area contributed by atoms with Crippen LogP contribution in [0.15, 0.2) is 66.7 Å². The molecule has 0 spiro atoms. The molecule has 3 aromatic rings. The molecule has 2 amide bonds. The zero-order valence-electron chi connectivity index (χ0n) is 17.8. The monoisotopic (exact) mass is 485 g/mol. The topological polar surface area (TPSA) is 79.5 Å². The Balaban J connectivity index is 1.65. The summed E-state index contributed by atoms with van der Waals surface area (Å²) in [6.45, 7) is 3.74. The van der Waals surface area contributed by atoms with Gasteiger partial charge in [0.2, 0.25) is 0 Å². The van der Waals surface area contributed by atoms with Crippen molar-refractivity contribution in [3.8, 4) is 5.75 Å². The number of anilines is 2. The molecule has 3 rings (SSSR count). The number of hydrogen-bond acceptors (Lipinski definition) is 4. The first-order valence-electron chi connectivity index (χ1n) is 9.97. The molecular formula is C24H21ClFN3O3S. The van der Waals surface area contributed by atoms with Crippen molar-refractivity contribution in [1.82, 2.24) is 5.32 Å². The summed E-state index contributed by atoms with van der Waals surface area (Å²) < 4.78 is 19.0. The van der Waals surface area contributed by atoms with E-state index in [2.05, 4.69) is 16.0 Å². The Labute approximate surface area is 201 Å². The van der Waals surface area contributed by atoms with Crippen molar-refractivity contribution in [2.24, 2.45) is 0 Å². The van der Waals surface area contributed by atoms with Gasteiger partial charge in [-0.15, -0.1) is 0 Å². The number of thiocarbonyl (C=S) groups is 1. The van der Waals surface area contributed by atoms with E-state index in [1.165, 1.54) is 18.2 Å². The summed E-state index contributed by atoms with van der Waals surface area (Å²) in [4.78, 5) is 25.2. The molecule has 33 heavy (non-hydrogen) atoms. The first-order valence-corrected chi connectivity index (χ1v) is 10.8. The average molecular weight is 486 g/mol. The number of halogens is 2. The number of carbonyl (C=O) groups is 2. The molecule has 0 bridgehead atoms. The second kappa shape index (κ2) is 10.9. The first kappa shape index (κ1) is 24.2. The Hall–Kier alpha value is -3.49. The van der Waals surface area contributed by atoms with Crippen molar-refractivity contribution < 1.29 is 18.7 Å². The van der Waals surface area contributed by atoms with Gasteiger partial charge in [-0.2, -0.15) is 0 Å². The highest BCUT2D eigenvalue weighted by Crippen LogP contribution is 2.21. The van der Waals surface area contributed by atoms with Gasteiger partial charge in [0.1, 0.15) is 11.6 Å². The Morgan fingerprint density at radius 1 is 0.939 bits per heavy atom. The minimum absolute atomic E-state index is 0.0576. The molecule has 6 nitrogen and oxygen atoms in total. The molecule has 9 heteroatoms. The fraction of sp³-hybridized carbons (Fsp3) is 0.125. The van der Waals surface area contributed by atoms with Crippen LogP contribution >= 0.6 is 23.8 Å². The van der Waals surface area contributed by atoms with Gasteiger partial charge in [-0.3, -0.25) is 14.9 Å². The summed E-state index contributed by atoms with van der Waals surface area (Å²) in [5.74, 6) is -0.968. The van der Waals surface area contributed by atoms with Crippen LogP contribution in [-0.2, 0) is 0 Å². The van der Waals surface area contributed by atoms with Gasteiger partial charge in [0, 0.05) is 16.9 Å². The Morgan fingerprint density at radius 3 is 2.39 bits per heavy atom. The van der Waals surface area contributed by atoms with E-state index < -0.39 is 17.6 Å². The minimum Gasteiger partial charge on any atom is -0.490 e. The number of amides is 2. The maximum Gasteiger partial charge on any atom is 0.261 e. The van der Waals surface area contributed by atoms with Gasteiger partial charge in [-0.25, -0.2) is 4.39 Å². The van der Waals surface area contributed by atoms with Crippen LogP contribution in [0.4, 0.5) is 15.8 Å². The lowest BCUT2D eigenvalue weighted by atomic mass is 10.1.